The molecule has 33 heavy (non-hydrogen) atoms. The molecule has 1 heterocycles. The number of hydrogen-bond acceptors (Lipinski definition) is 7. The van der Waals surface area contributed by atoms with E-state index >= 15 is 0 Å². The minimum atomic E-state index is -0.577. The maximum absolute atomic E-state index is 12.7. The van der Waals surface area contributed by atoms with Crippen molar-refractivity contribution < 1.29 is 33.4 Å². The van der Waals surface area contributed by atoms with E-state index in [4.69, 9.17) is 23.8 Å². The first-order valence-electron chi connectivity index (χ1n) is 10.7. The number of benzene rings is 2. The SMILES string of the molecule is COCCOCc1c(C(=O)NCCCCOc2ccc(C(=O)NO)cc2)oc2ccccc12. The number of fused-ring (bicyclic) bond motifs is 1. The molecule has 0 bridgehead atoms. The van der Waals surface area contributed by atoms with Crippen LogP contribution in [0, 0.1) is 0 Å². The fourth-order valence-electron chi connectivity index (χ4n) is 3.21. The summed E-state index contributed by atoms with van der Waals surface area (Å²) in [7, 11) is 1.61. The molecule has 3 aromatic rings. The molecule has 0 saturated carbocycles. The third kappa shape index (κ3) is 6.79. The second-order valence-corrected chi connectivity index (χ2v) is 7.23. The lowest BCUT2D eigenvalue weighted by Gasteiger charge is -2.08. The number of carbonyl (C=O) groups excluding carboxylic acids is 2. The number of ether oxygens (including phenoxy) is 3. The highest BCUT2D eigenvalue weighted by molar-refractivity contribution is 5.99. The highest BCUT2D eigenvalue weighted by atomic mass is 16.5. The van der Waals surface area contributed by atoms with Crippen molar-refractivity contribution in [2.45, 2.75) is 19.4 Å². The van der Waals surface area contributed by atoms with E-state index in [1.807, 2.05) is 24.3 Å². The Hall–Kier alpha value is -3.40. The molecule has 0 aliphatic carbocycles. The zero-order valence-electron chi connectivity index (χ0n) is 18.5. The topological polar surface area (TPSA) is 119 Å². The van der Waals surface area contributed by atoms with Crippen molar-refractivity contribution in [3.63, 3.8) is 0 Å². The van der Waals surface area contributed by atoms with Crippen molar-refractivity contribution in [2.24, 2.45) is 0 Å². The number of nitrogens with one attached hydrogen (secondary N) is 2. The summed E-state index contributed by atoms with van der Waals surface area (Å²) in [6.45, 7) is 2.09. The maximum Gasteiger partial charge on any atom is 0.287 e. The molecule has 0 atom stereocenters. The van der Waals surface area contributed by atoms with Gasteiger partial charge in [0.1, 0.15) is 11.3 Å². The summed E-state index contributed by atoms with van der Waals surface area (Å²) in [5, 5.41) is 12.4. The fourth-order valence-corrected chi connectivity index (χ4v) is 3.21. The first-order valence-corrected chi connectivity index (χ1v) is 10.7. The van der Waals surface area contributed by atoms with Gasteiger partial charge in [-0.1, -0.05) is 18.2 Å². The van der Waals surface area contributed by atoms with E-state index in [1.165, 1.54) is 0 Å². The van der Waals surface area contributed by atoms with Crippen molar-refractivity contribution in [2.75, 3.05) is 33.5 Å². The van der Waals surface area contributed by atoms with Gasteiger partial charge in [-0.15, -0.1) is 0 Å². The normalized spacial score (nSPS) is 10.8. The minimum Gasteiger partial charge on any atom is -0.494 e. The number of methoxy groups -OCH3 is 1. The van der Waals surface area contributed by atoms with Gasteiger partial charge in [-0.25, -0.2) is 5.48 Å². The number of unbranched alkanes of at least 4 members (excludes halogenated alkanes) is 1. The van der Waals surface area contributed by atoms with Crippen molar-refractivity contribution in [3.8, 4) is 5.75 Å². The van der Waals surface area contributed by atoms with E-state index in [2.05, 4.69) is 5.32 Å². The second-order valence-electron chi connectivity index (χ2n) is 7.23. The molecule has 9 nitrogen and oxygen atoms in total. The highest BCUT2D eigenvalue weighted by Gasteiger charge is 2.20. The molecular weight excluding hydrogens is 428 g/mol. The van der Waals surface area contributed by atoms with Gasteiger partial charge in [0.15, 0.2) is 5.76 Å². The number of rotatable bonds is 13. The van der Waals surface area contributed by atoms with Crippen LogP contribution in [0.1, 0.15) is 39.3 Å². The Kier molecular flexibility index (Phi) is 9.25. The van der Waals surface area contributed by atoms with Gasteiger partial charge in [0.2, 0.25) is 0 Å². The number of para-hydroxylation sites is 1. The highest BCUT2D eigenvalue weighted by Crippen LogP contribution is 2.26. The number of carbonyl (C=O) groups is 2. The zero-order valence-corrected chi connectivity index (χ0v) is 18.5. The summed E-state index contributed by atoms with van der Waals surface area (Å²) in [5.41, 5.74) is 3.28. The Morgan fingerprint density at radius 1 is 0.970 bits per heavy atom. The van der Waals surface area contributed by atoms with Crippen molar-refractivity contribution in [3.05, 3.63) is 65.4 Å². The van der Waals surface area contributed by atoms with Crippen LogP contribution in [0.4, 0.5) is 0 Å². The molecule has 0 unspecified atom stereocenters. The molecule has 9 heteroatoms. The molecule has 0 spiro atoms. The Balaban J connectivity index is 1.45. The van der Waals surface area contributed by atoms with Gasteiger partial charge >= 0.3 is 0 Å². The van der Waals surface area contributed by atoms with E-state index in [0.29, 0.717) is 43.3 Å². The summed E-state index contributed by atoms with van der Waals surface area (Å²) in [6.07, 6.45) is 1.45. The molecule has 2 amide bonds. The van der Waals surface area contributed by atoms with Gasteiger partial charge in [0, 0.05) is 30.2 Å². The number of amides is 2. The van der Waals surface area contributed by atoms with Crippen LogP contribution < -0.4 is 15.5 Å². The molecule has 0 aliphatic rings. The lowest BCUT2D eigenvalue weighted by atomic mass is 10.1. The summed E-state index contributed by atoms with van der Waals surface area (Å²) in [4.78, 5) is 24.0. The van der Waals surface area contributed by atoms with Gasteiger partial charge in [0.05, 0.1) is 26.4 Å². The van der Waals surface area contributed by atoms with Crippen LogP contribution in [-0.2, 0) is 16.1 Å². The molecule has 0 aliphatic heterocycles. The standard InChI is InChI=1S/C24H28N2O7/c1-30-14-15-31-16-20-19-6-2-3-7-21(19)33-22(20)24(28)25-12-4-5-13-32-18-10-8-17(9-11-18)23(27)26-29/h2-3,6-11,29H,4-5,12-16H2,1H3,(H,25,28)(H,26,27). The molecule has 0 fully saturated rings. The molecule has 3 rings (SSSR count). The average Bonchev–Trinajstić information content (AvgIpc) is 3.22. The smallest absolute Gasteiger partial charge is 0.287 e. The fraction of sp³-hybridized carbons (Fsp3) is 0.333. The number of furan rings is 1. The Bertz CT molecular complexity index is 1050. The van der Waals surface area contributed by atoms with Gasteiger partial charge in [-0.3, -0.25) is 14.8 Å². The summed E-state index contributed by atoms with van der Waals surface area (Å²) in [6, 6.07) is 13.9. The third-order valence-corrected chi connectivity index (χ3v) is 4.93. The van der Waals surface area contributed by atoms with Crippen molar-refractivity contribution in [1.29, 1.82) is 0 Å². The first kappa shape index (κ1) is 24.2. The van der Waals surface area contributed by atoms with Crippen molar-refractivity contribution in [1.82, 2.24) is 10.8 Å². The van der Waals surface area contributed by atoms with Gasteiger partial charge in [-0.05, 0) is 43.2 Å². The monoisotopic (exact) mass is 456 g/mol. The second kappa shape index (κ2) is 12.6. The van der Waals surface area contributed by atoms with E-state index in [-0.39, 0.29) is 18.3 Å². The van der Waals surface area contributed by atoms with Crippen LogP contribution in [-0.4, -0.2) is 50.5 Å². The molecule has 0 saturated heterocycles. The molecule has 0 radical (unpaired) electrons. The minimum absolute atomic E-state index is 0.260. The molecule has 2 aromatic carbocycles. The largest absolute Gasteiger partial charge is 0.494 e. The first-order chi connectivity index (χ1) is 16.1. The quantitative estimate of drug-likeness (QED) is 0.205. The predicted octanol–water partition coefficient (Wildman–Crippen LogP) is 3.30. The van der Waals surface area contributed by atoms with E-state index in [9.17, 15) is 9.59 Å². The van der Waals surface area contributed by atoms with Gasteiger partial charge in [-0.2, -0.15) is 0 Å². The molecule has 3 N–H and O–H groups in total. The van der Waals surface area contributed by atoms with E-state index in [0.717, 1.165) is 23.8 Å². The molecule has 176 valence electrons. The van der Waals surface area contributed by atoms with Gasteiger partial charge < -0.3 is 23.9 Å². The molecule has 1 aromatic heterocycles. The molecular formula is C24H28N2O7. The number of hydroxylamine groups is 1. The summed E-state index contributed by atoms with van der Waals surface area (Å²) < 4.78 is 22.1. The van der Waals surface area contributed by atoms with Crippen LogP contribution in [0.3, 0.4) is 0 Å². The van der Waals surface area contributed by atoms with E-state index in [1.54, 1.807) is 36.9 Å². The third-order valence-electron chi connectivity index (χ3n) is 4.93. The van der Waals surface area contributed by atoms with Crippen LogP contribution >= 0.6 is 0 Å². The maximum atomic E-state index is 12.7. The lowest BCUT2D eigenvalue weighted by molar-refractivity contribution is 0.0609. The Morgan fingerprint density at radius 2 is 1.76 bits per heavy atom. The summed E-state index contributed by atoms with van der Waals surface area (Å²) >= 11 is 0. The lowest BCUT2D eigenvalue weighted by Crippen LogP contribution is -2.25. The van der Waals surface area contributed by atoms with Crippen molar-refractivity contribution >= 4 is 22.8 Å². The predicted molar refractivity (Wildman–Crippen MR) is 121 cm³/mol. The van der Waals surface area contributed by atoms with Crippen LogP contribution in [0.2, 0.25) is 0 Å². The number of hydrogen-bond donors (Lipinski definition) is 3. The average molecular weight is 456 g/mol. The zero-order chi connectivity index (χ0) is 23.5. The van der Waals surface area contributed by atoms with Crippen LogP contribution in [0.5, 0.6) is 5.75 Å². The van der Waals surface area contributed by atoms with E-state index < -0.39 is 5.91 Å². The summed E-state index contributed by atoms with van der Waals surface area (Å²) in [5.74, 6) is 0.0208. The Morgan fingerprint density at radius 3 is 2.52 bits per heavy atom. The van der Waals surface area contributed by atoms with Crippen LogP contribution in [0.15, 0.2) is 52.9 Å². The van der Waals surface area contributed by atoms with Gasteiger partial charge in [0.25, 0.3) is 11.8 Å². The Labute approximate surface area is 191 Å². The van der Waals surface area contributed by atoms with Crippen LogP contribution in [0.25, 0.3) is 11.0 Å².